The third kappa shape index (κ3) is 5.32. The number of aliphatic imine (C=N–C) groups is 1. The molecule has 2 aromatic carbocycles. The Labute approximate surface area is 173 Å². The predicted molar refractivity (Wildman–Crippen MR) is 116 cm³/mol. The highest BCUT2D eigenvalue weighted by atomic mass is 32.2. The molecule has 150 valence electrons. The highest BCUT2D eigenvalue weighted by Crippen LogP contribution is 2.29. The molecule has 0 saturated heterocycles. The molecule has 0 aliphatic carbocycles. The topological polar surface area (TPSA) is 61.8 Å². The zero-order chi connectivity index (χ0) is 20.8. The van der Waals surface area contributed by atoms with E-state index in [0.717, 1.165) is 12.0 Å². The largest absolute Gasteiger partial charge is 0.353 e. The van der Waals surface area contributed by atoms with Gasteiger partial charge in [-0.2, -0.15) is 0 Å². The second-order valence-corrected chi connectivity index (χ2v) is 7.56. The van der Waals surface area contributed by atoms with Crippen LogP contribution in [-0.2, 0) is 9.59 Å². The zero-order valence-corrected chi connectivity index (χ0v) is 17.1. The van der Waals surface area contributed by atoms with Gasteiger partial charge in [0.1, 0.15) is 11.5 Å². The Morgan fingerprint density at radius 2 is 1.90 bits per heavy atom. The molecule has 2 aromatic rings. The Hall–Kier alpha value is -2.93. The van der Waals surface area contributed by atoms with Gasteiger partial charge in [-0.1, -0.05) is 49.0 Å². The SMILES string of the molecule is CCC(C)NC(=O)CSC1=N/C(=C\c2ccccc2)C(=O)N1c1ccc(F)cc1. The number of hydrogen-bond acceptors (Lipinski definition) is 4. The molecule has 0 bridgehead atoms. The van der Waals surface area contributed by atoms with E-state index in [0.29, 0.717) is 10.9 Å². The lowest BCUT2D eigenvalue weighted by Crippen LogP contribution is -2.35. The van der Waals surface area contributed by atoms with E-state index in [-0.39, 0.29) is 35.1 Å². The second-order valence-electron chi connectivity index (χ2n) is 6.62. The van der Waals surface area contributed by atoms with Gasteiger partial charge in [-0.15, -0.1) is 0 Å². The molecule has 1 atom stereocenters. The van der Waals surface area contributed by atoms with Crippen molar-refractivity contribution in [3.63, 3.8) is 0 Å². The minimum absolute atomic E-state index is 0.0805. The Morgan fingerprint density at radius 1 is 1.21 bits per heavy atom. The third-order valence-corrected chi connectivity index (χ3v) is 5.31. The van der Waals surface area contributed by atoms with Crippen molar-refractivity contribution < 1.29 is 14.0 Å². The van der Waals surface area contributed by atoms with Crippen molar-refractivity contribution in [1.29, 1.82) is 0 Å². The van der Waals surface area contributed by atoms with E-state index < -0.39 is 0 Å². The van der Waals surface area contributed by atoms with Crippen LogP contribution in [0.3, 0.4) is 0 Å². The van der Waals surface area contributed by atoms with E-state index in [2.05, 4.69) is 10.3 Å². The smallest absolute Gasteiger partial charge is 0.283 e. The van der Waals surface area contributed by atoms with Gasteiger partial charge in [0.05, 0.1) is 11.4 Å². The van der Waals surface area contributed by atoms with Crippen LogP contribution in [0.5, 0.6) is 0 Å². The summed E-state index contributed by atoms with van der Waals surface area (Å²) in [5.74, 6) is -0.698. The van der Waals surface area contributed by atoms with Crippen LogP contribution in [0.15, 0.2) is 65.3 Å². The molecule has 3 rings (SSSR count). The highest BCUT2D eigenvalue weighted by molar-refractivity contribution is 8.14. The summed E-state index contributed by atoms with van der Waals surface area (Å²) < 4.78 is 13.3. The average Bonchev–Trinajstić information content (AvgIpc) is 3.03. The van der Waals surface area contributed by atoms with Gasteiger partial charge in [-0.3, -0.25) is 14.5 Å². The fourth-order valence-electron chi connectivity index (χ4n) is 2.67. The van der Waals surface area contributed by atoms with Crippen molar-refractivity contribution in [2.24, 2.45) is 4.99 Å². The molecule has 1 unspecified atom stereocenters. The summed E-state index contributed by atoms with van der Waals surface area (Å²) in [6, 6.07) is 15.1. The lowest BCUT2D eigenvalue weighted by atomic mass is 10.2. The van der Waals surface area contributed by atoms with Gasteiger partial charge in [-0.25, -0.2) is 9.38 Å². The Morgan fingerprint density at radius 3 is 2.55 bits per heavy atom. The van der Waals surface area contributed by atoms with Crippen molar-refractivity contribution in [3.05, 3.63) is 71.7 Å². The summed E-state index contributed by atoms with van der Waals surface area (Å²) in [5, 5.41) is 3.29. The number of halogens is 1. The number of rotatable bonds is 6. The summed E-state index contributed by atoms with van der Waals surface area (Å²) in [6.45, 7) is 3.93. The van der Waals surface area contributed by atoms with E-state index in [1.807, 2.05) is 44.2 Å². The van der Waals surface area contributed by atoms with E-state index in [4.69, 9.17) is 0 Å². The number of carbonyl (C=O) groups excluding carboxylic acids is 2. The van der Waals surface area contributed by atoms with E-state index in [1.165, 1.54) is 40.9 Å². The van der Waals surface area contributed by atoms with Crippen LogP contribution in [0.1, 0.15) is 25.8 Å². The molecule has 1 aliphatic rings. The Balaban J connectivity index is 1.86. The van der Waals surface area contributed by atoms with Crippen LogP contribution >= 0.6 is 11.8 Å². The van der Waals surface area contributed by atoms with Crippen LogP contribution < -0.4 is 10.2 Å². The van der Waals surface area contributed by atoms with E-state index in [9.17, 15) is 14.0 Å². The van der Waals surface area contributed by atoms with Crippen molar-refractivity contribution in [1.82, 2.24) is 5.32 Å². The summed E-state index contributed by atoms with van der Waals surface area (Å²) in [7, 11) is 0. The number of amidine groups is 1. The quantitative estimate of drug-likeness (QED) is 0.724. The number of carbonyl (C=O) groups is 2. The molecule has 5 nitrogen and oxygen atoms in total. The van der Waals surface area contributed by atoms with Gasteiger partial charge in [0, 0.05) is 6.04 Å². The third-order valence-electron chi connectivity index (χ3n) is 4.37. The van der Waals surface area contributed by atoms with Crippen LogP contribution in [0.2, 0.25) is 0 Å². The molecular formula is C22H22FN3O2S. The molecule has 0 radical (unpaired) electrons. The van der Waals surface area contributed by atoms with E-state index >= 15 is 0 Å². The molecule has 7 heteroatoms. The van der Waals surface area contributed by atoms with Crippen molar-refractivity contribution >= 4 is 40.5 Å². The number of nitrogens with one attached hydrogen (secondary N) is 1. The van der Waals surface area contributed by atoms with Gasteiger partial charge in [0.15, 0.2) is 5.17 Å². The normalized spacial score (nSPS) is 16.1. The Bertz CT molecular complexity index is 942. The predicted octanol–water partition coefficient (Wildman–Crippen LogP) is 4.22. The fourth-order valence-corrected chi connectivity index (χ4v) is 3.49. The molecule has 2 amide bonds. The van der Waals surface area contributed by atoms with Crippen LogP contribution in [0.25, 0.3) is 6.08 Å². The molecule has 29 heavy (non-hydrogen) atoms. The molecule has 1 N–H and O–H groups in total. The second kappa shape index (κ2) is 9.52. The molecule has 0 aromatic heterocycles. The molecule has 1 heterocycles. The number of thioether (sulfide) groups is 1. The minimum atomic E-state index is -0.389. The Kier molecular flexibility index (Phi) is 6.82. The highest BCUT2D eigenvalue weighted by Gasteiger charge is 2.32. The lowest BCUT2D eigenvalue weighted by molar-refractivity contribution is -0.119. The lowest BCUT2D eigenvalue weighted by Gasteiger charge is -2.18. The number of amides is 2. The first kappa shape index (κ1) is 20.8. The standard InChI is InChI=1S/C22H22FN3O2S/c1-3-15(2)24-20(27)14-29-22-25-19(13-16-7-5-4-6-8-16)21(28)26(22)18-11-9-17(23)10-12-18/h4-13,15H,3,14H2,1-2H3,(H,24,27)/b19-13-. The van der Waals surface area contributed by atoms with Gasteiger partial charge < -0.3 is 5.32 Å². The van der Waals surface area contributed by atoms with Crippen molar-refractivity contribution in [2.75, 3.05) is 10.7 Å². The average molecular weight is 412 g/mol. The first-order chi connectivity index (χ1) is 14.0. The number of nitrogens with zero attached hydrogens (tertiary/aromatic N) is 2. The van der Waals surface area contributed by atoms with Gasteiger partial charge in [-0.05, 0) is 49.2 Å². The maximum Gasteiger partial charge on any atom is 0.283 e. The van der Waals surface area contributed by atoms with Gasteiger partial charge >= 0.3 is 0 Å². The molecular weight excluding hydrogens is 389 g/mol. The molecule has 0 fully saturated rings. The summed E-state index contributed by atoms with van der Waals surface area (Å²) >= 11 is 1.18. The molecule has 1 aliphatic heterocycles. The van der Waals surface area contributed by atoms with Crippen LogP contribution in [-0.4, -0.2) is 28.8 Å². The maximum absolute atomic E-state index is 13.3. The van der Waals surface area contributed by atoms with E-state index in [1.54, 1.807) is 6.08 Å². The summed E-state index contributed by atoms with van der Waals surface area (Å²) in [6.07, 6.45) is 2.53. The molecule has 0 saturated carbocycles. The maximum atomic E-state index is 13.3. The number of hydrogen-bond donors (Lipinski definition) is 1. The van der Waals surface area contributed by atoms with Gasteiger partial charge in [0.25, 0.3) is 5.91 Å². The molecule has 0 spiro atoms. The zero-order valence-electron chi connectivity index (χ0n) is 16.3. The summed E-state index contributed by atoms with van der Waals surface area (Å²) in [5.41, 5.74) is 1.62. The van der Waals surface area contributed by atoms with Crippen molar-refractivity contribution in [3.8, 4) is 0 Å². The fraction of sp³-hybridized carbons (Fsp3) is 0.227. The van der Waals surface area contributed by atoms with Crippen molar-refractivity contribution in [2.45, 2.75) is 26.3 Å². The minimum Gasteiger partial charge on any atom is -0.353 e. The number of anilines is 1. The summed E-state index contributed by atoms with van der Waals surface area (Å²) in [4.78, 5) is 31.0. The monoisotopic (exact) mass is 411 g/mol. The number of benzene rings is 2. The van der Waals surface area contributed by atoms with Gasteiger partial charge in [0.2, 0.25) is 5.91 Å². The van der Waals surface area contributed by atoms with Crippen LogP contribution in [0.4, 0.5) is 10.1 Å². The first-order valence-corrected chi connectivity index (χ1v) is 10.3. The first-order valence-electron chi connectivity index (χ1n) is 9.35. The van der Waals surface area contributed by atoms with Crippen LogP contribution in [0, 0.1) is 5.82 Å².